The quantitative estimate of drug-likeness (QED) is 0.647. The van der Waals surface area contributed by atoms with Crippen molar-refractivity contribution in [2.24, 2.45) is 0 Å². The number of aryl methyl sites for hydroxylation is 3. The van der Waals surface area contributed by atoms with Crippen LogP contribution in [0.25, 0.3) is 5.65 Å². The first kappa shape index (κ1) is 19.0. The highest BCUT2D eigenvalue weighted by molar-refractivity contribution is 7.91. The van der Waals surface area contributed by atoms with Crippen LogP contribution in [0.1, 0.15) is 26.6 Å². The molecule has 0 radical (unpaired) electrons. The van der Waals surface area contributed by atoms with Crippen LogP contribution in [-0.4, -0.2) is 64.3 Å². The lowest BCUT2D eigenvalue weighted by atomic mass is 10.2. The van der Waals surface area contributed by atoms with Crippen molar-refractivity contribution < 1.29 is 13.2 Å². The van der Waals surface area contributed by atoms with Gasteiger partial charge in [-0.05, 0) is 39.0 Å². The second-order valence-corrected chi connectivity index (χ2v) is 10.3. The van der Waals surface area contributed by atoms with E-state index >= 15 is 0 Å². The zero-order valence-corrected chi connectivity index (χ0v) is 17.5. The lowest BCUT2D eigenvalue weighted by Crippen LogP contribution is -2.50. The molecular formula is C18H21N5O3S2. The molecule has 0 bridgehead atoms. The topological polar surface area (TPSA) is 87.9 Å². The van der Waals surface area contributed by atoms with Crippen molar-refractivity contribution in [1.29, 1.82) is 0 Å². The summed E-state index contributed by atoms with van der Waals surface area (Å²) in [4.78, 5) is 20.1. The van der Waals surface area contributed by atoms with Gasteiger partial charge in [-0.3, -0.25) is 4.79 Å². The summed E-state index contributed by atoms with van der Waals surface area (Å²) in [5.41, 5.74) is 2.70. The average Bonchev–Trinajstić information content (AvgIpc) is 3.28. The van der Waals surface area contributed by atoms with E-state index in [9.17, 15) is 13.2 Å². The molecule has 0 atom stereocenters. The number of carbonyl (C=O) groups excluding carboxylic acids is 1. The standard InChI is InChI=1S/C18H21N5O3S2/c1-12-10-13(2)23-17(20-12)15(11-19-23)18(24)21-6-8-22(9-7-21)28(25,26)16-5-4-14(3)27-16/h4-5,10-11H,6-9H2,1-3H3. The van der Waals surface area contributed by atoms with Gasteiger partial charge in [-0.2, -0.15) is 9.40 Å². The van der Waals surface area contributed by atoms with Gasteiger partial charge in [0.05, 0.1) is 6.20 Å². The summed E-state index contributed by atoms with van der Waals surface area (Å²) in [6.07, 6.45) is 1.54. The van der Waals surface area contributed by atoms with Crippen molar-refractivity contribution in [3.8, 4) is 0 Å². The molecule has 1 fully saturated rings. The molecule has 4 rings (SSSR count). The number of nitrogens with zero attached hydrogens (tertiary/aromatic N) is 5. The van der Waals surface area contributed by atoms with E-state index in [-0.39, 0.29) is 19.0 Å². The number of fused-ring (bicyclic) bond motifs is 1. The van der Waals surface area contributed by atoms with Gasteiger partial charge in [0.2, 0.25) is 0 Å². The molecule has 0 spiro atoms. The van der Waals surface area contributed by atoms with E-state index in [1.165, 1.54) is 21.8 Å². The van der Waals surface area contributed by atoms with Gasteiger partial charge in [0.15, 0.2) is 5.65 Å². The molecule has 1 saturated heterocycles. The summed E-state index contributed by atoms with van der Waals surface area (Å²) < 4.78 is 29.0. The minimum absolute atomic E-state index is 0.170. The van der Waals surface area contributed by atoms with Crippen LogP contribution in [-0.2, 0) is 10.0 Å². The van der Waals surface area contributed by atoms with Crippen LogP contribution in [0, 0.1) is 20.8 Å². The zero-order valence-electron chi connectivity index (χ0n) is 15.9. The fourth-order valence-corrected chi connectivity index (χ4v) is 6.26. The van der Waals surface area contributed by atoms with E-state index in [2.05, 4.69) is 10.1 Å². The van der Waals surface area contributed by atoms with Gasteiger partial charge in [0.25, 0.3) is 15.9 Å². The molecule has 148 valence electrons. The molecule has 10 heteroatoms. The van der Waals surface area contributed by atoms with Crippen LogP contribution in [0.4, 0.5) is 0 Å². The smallest absolute Gasteiger partial charge is 0.259 e. The Balaban J connectivity index is 1.52. The largest absolute Gasteiger partial charge is 0.336 e. The lowest BCUT2D eigenvalue weighted by Gasteiger charge is -2.33. The van der Waals surface area contributed by atoms with Gasteiger partial charge in [-0.15, -0.1) is 11.3 Å². The molecule has 0 aliphatic carbocycles. The van der Waals surface area contributed by atoms with Gasteiger partial charge < -0.3 is 4.90 Å². The number of aromatic nitrogens is 3. The number of piperazine rings is 1. The average molecular weight is 420 g/mol. The van der Waals surface area contributed by atoms with E-state index in [0.717, 1.165) is 16.3 Å². The van der Waals surface area contributed by atoms with Gasteiger partial charge in [-0.1, -0.05) is 0 Å². The van der Waals surface area contributed by atoms with Crippen molar-refractivity contribution >= 4 is 32.9 Å². The summed E-state index contributed by atoms with van der Waals surface area (Å²) in [5, 5.41) is 4.27. The molecule has 4 heterocycles. The molecule has 1 amide bonds. The minimum Gasteiger partial charge on any atom is -0.336 e. The molecule has 28 heavy (non-hydrogen) atoms. The third-order valence-corrected chi connectivity index (χ3v) is 8.21. The maximum absolute atomic E-state index is 13.0. The lowest BCUT2D eigenvalue weighted by molar-refractivity contribution is 0.0699. The number of amides is 1. The molecule has 3 aromatic rings. The molecular weight excluding hydrogens is 398 g/mol. The normalized spacial score (nSPS) is 16.0. The second-order valence-electron chi connectivity index (χ2n) is 6.89. The van der Waals surface area contributed by atoms with Crippen LogP contribution < -0.4 is 0 Å². The Morgan fingerprint density at radius 1 is 1.11 bits per heavy atom. The third kappa shape index (κ3) is 3.21. The van der Waals surface area contributed by atoms with E-state index in [1.54, 1.807) is 21.5 Å². The van der Waals surface area contributed by atoms with Crippen LogP contribution in [0.2, 0.25) is 0 Å². The van der Waals surface area contributed by atoms with Gasteiger partial charge in [0, 0.05) is 42.4 Å². The summed E-state index contributed by atoms with van der Waals surface area (Å²) >= 11 is 1.27. The number of rotatable bonds is 3. The molecule has 1 aliphatic heterocycles. The van der Waals surface area contributed by atoms with Crippen molar-refractivity contribution in [2.45, 2.75) is 25.0 Å². The molecule has 0 N–H and O–H groups in total. The molecule has 3 aromatic heterocycles. The van der Waals surface area contributed by atoms with Gasteiger partial charge in [-0.25, -0.2) is 17.9 Å². The Morgan fingerprint density at radius 2 is 1.82 bits per heavy atom. The molecule has 0 aromatic carbocycles. The maximum atomic E-state index is 13.0. The molecule has 1 aliphatic rings. The SMILES string of the molecule is Cc1cc(C)n2ncc(C(=O)N3CCN(S(=O)(=O)c4ccc(C)s4)CC3)c2n1. The number of hydrogen-bond donors (Lipinski definition) is 0. The predicted molar refractivity (Wildman–Crippen MR) is 106 cm³/mol. The van der Waals surface area contributed by atoms with E-state index in [1.807, 2.05) is 26.8 Å². The van der Waals surface area contributed by atoms with Crippen molar-refractivity contribution in [3.63, 3.8) is 0 Å². The van der Waals surface area contributed by atoms with Gasteiger partial charge in [0.1, 0.15) is 9.77 Å². The van der Waals surface area contributed by atoms with Crippen LogP contribution in [0.5, 0.6) is 0 Å². The van der Waals surface area contributed by atoms with Crippen molar-refractivity contribution in [1.82, 2.24) is 23.8 Å². The molecule has 0 saturated carbocycles. The number of thiophene rings is 1. The fraction of sp³-hybridized carbons (Fsp3) is 0.389. The molecule has 8 nitrogen and oxygen atoms in total. The summed E-state index contributed by atoms with van der Waals surface area (Å²) in [6, 6.07) is 5.35. The fourth-order valence-electron chi connectivity index (χ4n) is 3.40. The Morgan fingerprint density at radius 3 is 2.46 bits per heavy atom. The zero-order chi connectivity index (χ0) is 20.1. The van der Waals surface area contributed by atoms with Crippen molar-refractivity contribution in [3.05, 3.63) is 46.2 Å². The third-order valence-electron chi connectivity index (χ3n) is 4.84. The Kier molecular flexibility index (Phi) is 4.72. The first-order chi connectivity index (χ1) is 13.3. The van der Waals surface area contributed by atoms with Crippen molar-refractivity contribution in [2.75, 3.05) is 26.2 Å². The van der Waals surface area contributed by atoms with E-state index < -0.39 is 10.0 Å². The highest BCUT2D eigenvalue weighted by atomic mass is 32.2. The number of sulfonamides is 1. The summed E-state index contributed by atoms with van der Waals surface area (Å²) in [6.45, 7) is 6.90. The van der Waals surface area contributed by atoms with E-state index in [0.29, 0.717) is 28.5 Å². The molecule has 0 unspecified atom stereocenters. The monoisotopic (exact) mass is 419 g/mol. The minimum atomic E-state index is -3.50. The second kappa shape index (κ2) is 6.94. The van der Waals surface area contributed by atoms with Crippen LogP contribution >= 0.6 is 11.3 Å². The Labute approximate surface area is 167 Å². The highest BCUT2D eigenvalue weighted by Crippen LogP contribution is 2.25. The first-order valence-electron chi connectivity index (χ1n) is 8.95. The number of hydrogen-bond acceptors (Lipinski definition) is 6. The predicted octanol–water partition coefficient (Wildman–Crippen LogP) is 1.86. The summed E-state index contributed by atoms with van der Waals surface area (Å²) in [7, 11) is -3.50. The Bertz CT molecular complexity index is 1160. The number of carbonyl (C=O) groups is 1. The summed E-state index contributed by atoms with van der Waals surface area (Å²) in [5.74, 6) is -0.170. The van der Waals surface area contributed by atoms with Crippen LogP contribution in [0.15, 0.2) is 28.6 Å². The first-order valence-corrected chi connectivity index (χ1v) is 11.2. The van der Waals surface area contributed by atoms with Gasteiger partial charge >= 0.3 is 0 Å². The highest BCUT2D eigenvalue weighted by Gasteiger charge is 2.32. The van der Waals surface area contributed by atoms with E-state index in [4.69, 9.17) is 0 Å². The Hall–Kier alpha value is -2.30. The maximum Gasteiger partial charge on any atom is 0.259 e. The van der Waals surface area contributed by atoms with Crippen LogP contribution in [0.3, 0.4) is 0 Å².